The molecule has 0 saturated carbocycles. The van der Waals surface area contributed by atoms with Crippen molar-refractivity contribution >= 4 is 17.3 Å². The molecule has 0 aliphatic carbocycles. The second-order valence-electron chi connectivity index (χ2n) is 4.93. The lowest BCUT2D eigenvalue weighted by Crippen LogP contribution is -2.27. The van der Waals surface area contributed by atoms with E-state index in [9.17, 15) is 0 Å². The first-order valence-electron chi connectivity index (χ1n) is 5.86. The van der Waals surface area contributed by atoms with Gasteiger partial charge in [0.25, 0.3) is 0 Å². The molecule has 0 N–H and O–H groups in total. The second-order valence-corrected chi connectivity index (χ2v) is 5.33. The summed E-state index contributed by atoms with van der Waals surface area (Å²) >= 11 is 6.23. The van der Waals surface area contributed by atoms with E-state index in [0.29, 0.717) is 5.41 Å². The van der Waals surface area contributed by atoms with Crippen LogP contribution in [0.3, 0.4) is 0 Å². The lowest BCUT2D eigenvalue weighted by Gasteiger charge is -2.24. The lowest BCUT2D eigenvalue weighted by atomic mass is 9.87. The standard InChI is InChI=1S/C13H16ClNO/c14-11-3-1-2-4-12(11)15-7-5-13(9-15)6-8-16-10-13/h1-4H,5-10H2. The molecule has 3 rings (SSSR count). The van der Waals surface area contributed by atoms with Crippen LogP contribution in [-0.2, 0) is 4.74 Å². The largest absolute Gasteiger partial charge is 0.381 e. The van der Waals surface area contributed by atoms with Gasteiger partial charge in [-0.15, -0.1) is 0 Å². The molecule has 3 heteroatoms. The minimum absolute atomic E-state index is 0.402. The van der Waals surface area contributed by atoms with Crippen LogP contribution in [0.15, 0.2) is 24.3 Å². The molecular weight excluding hydrogens is 222 g/mol. The van der Waals surface area contributed by atoms with E-state index in [2.05, 4.69) is 17.0 Å². The summed E-state index contributed by atoms with van der Waals surface area (Å²) in [5.41, 5.74) is 1.58. The number of halogens is 1. The van der Waals surface area contributed by atoms with Gasteiger partial charge in [-0.25, -0.2) is 0 Å². The predicted octanol–water partition coefficient (Wildman–Crippen LogP) is 2.96. The molecule has 2 heterocycles. The van der Waals surface area contributed by atoms with Crippen molar-refractivity contribution < 1.29 is 4.74 Å². The Hall–Kier alpha value is -0.730. The summed E-state index contributed by atoms with van der Waals surface area (Å²) in [7, 11) is 0. The third-order valence-corrected chi connectivity index (χ3v) is 4.14. The average molecular weight is 238 g/mol. The molecule has 16 heavy (non-hydrogen) atoms. The fraction of sp³-hybridized carbons (Fsp3) is 0.538. The van der Waals surface area contributed by atoms with E-state index in [1.807, 2.05) is 12.1 Å². The summed E-state index contributed by atoms with van der Waals surface area (Å²) in [6.45, 7) is 4.05. The maximum atomic E-state index is 6.23. The van der Waals surface area contributed by atoms with E-state index < -0.39 is 0 Å². The number of nitrogens with zero attached hydrogens (tertiary/aromatic N) is 1. The minimum atomic E-state index is 0.402. The zero-order chi connectivity index (χ0) is 11.0. The fourth-order valence-electron chi connectivity index (χ4n) is 2.82. The molecule has 1 unspecified atom stereocenters. The number of hydrogen-bond acceptors (Lipinski definition) is 2. The van der Waals surface area contributed by atoms with Crippen molar-refractivity contribution in [3.63, 3.8) is 0 Å². The monoisotopic (exact) mass is 237 g/mol. The van der Waals surface area contributed by atoms with Gasteiger partial charge in [-0.1, -0.05) is 23.7 Å². The summed E-state index contributed by atoms with van der Waals surface area (Å²) in [5.74, 6) is 0. The van der Waals surface area contributed by atoms with Gasteiger partial charge in [-0.3, -0.25) is 0 Å². The van der Waals surface area contributed by atoms with Crippen molar-refractivity contribution in [3.05, 3.63) is 29.3 Å². The highest BCUT2D eigenvalue weighted by Crippen LogP contribution is 2.41. The summed E-state index contributed by atoms with van der Waals surface area (Å²) in [5, 5.41) is 0.860. The molecule has 0 bridgehead atoms. The highest BCUT2D eigenvalue weighted by atomic mass is 35.5. The molecule has 2 nitrogen and oxygen atoms in total. The topological polar surface area (TPSA) is 12.5 Å². The van der Waals surface area contributed by atoms with Crippen molar-refractivity contribution in [1.29, 1.82) is 0 Å². The van der Waals surface area contributed by atoms with Crippen LogP contribution in [0.25, 0.3) is 0 Å². The van der Waals surface area contributed by atoms with Gasteiger partial charge in [-0.2, -0.15) is 0 Å². The van der Waals surface area contributed by atoms with Crippen LogP contribution < -0.4 is 4.90 Å². The van der Waals surface area contributed by atoms with Gasteiger partial charge in [0.1, 0.15) is 0 Å². The average Bonchev–Trinajstić information content (AvgIpc) is 2.91. The third-order valence-electron chi connectivity index (χ3n) is 3.82. The zero-order valence-corrected chi connectivity index (χ0v) is 10.0. The third kappa shape index (κ3) is 1.70. The van der Waals surface area contributed by atoms with E-state index in [-0.39, 0.29) is 0 Å². The first kappa shape index (κ1) is 10.4. The molecule has 1 aromatic carbocycles. The highest BCUT2D eigenvalue weighted by molar-refractivity contribution is 6.33. The maximum absolute atomic E-state index is 6.23. The van der Waals surface area contributed by atoms with E-state index >= 15 is 0 Å². The van der Waals surface area contributed by atoms with Gasteiger partial charge in [-0.05, 0) is 25.0 Å². The number of anilines is 1. The predicted molar refractivity (Wildman–Crippen MR) is 66.2 cm³/mol. The Morgan fingerprint density at radius 1 is 1.25 bits per heavy atom. The van der Waals surface area contributed by atoms with Gasteiger partial charge in [0.2, 0.25) is 0 Å². The molecule has 2 fully saturated rings. The van der Waals surface area contributed by atoms with E-state index in [4.69, 9.17) is 16.3 Å². The summed E-state index contributed by atoms with van der Waals surface area (Å²) in [6.07, 6.45) is 2.44. The molecule has 2 aliphatic heterocycles. The molecule has 0 amide bonds. The fourth-order valence-corrected chi connectivity index (χ4v) is 3.08. The van der Waals surface area contributed by atoms with Crippen LogP contribution in [0.5, 0.6) is 0 Å². The Balaban J connectivity index is 1.81. The Bertz CT molecular complexity index is 387. The number of hydrogen-bond donors (Lipinski definition) is 0. The van der Waals surface area contributed by atoms with Crippen LogP contribution in [-0.4, -0.2) is 26.3 Å². The first-order chi connectivity index (χ1) is 7.79. The maximum Gasteiger partial charge on any atom is 0.0639 e. The Labute approximate surface area is 101 Å². The minimum Gasteiger partial charge on any atom is -0.381 e. The van der Waals surface area contributed by atoms with Crippen molar-refractivity contribution in [2.45, 2.75) is 12.8 Å². The van der Waals surface area contributed by atoms with E-state index in [1.54, 1.807) is 0 Å². The number of para-hydroxylation sites is 1. The van der Waals surface area contributed by atoms with Crippen LogP contribution >= 0.6 is 11.6 Å². The lowest BCUT2D eigenvalue weighted by molar-refractivity contribution is 0.160. The molecule has 0 aromatic heterocycles. The molecule has 1 spiro atoms. The van der Waals surface area contributed by atoms with Gasteiger partial charge < -0.3 is 9.64 Å². The van der Waals surface area contributed by atoms with Crippen LogP contribution in [0.2, 0.25) is 5.02 Å². The second kappa shape index (κ2) is 3.94. The van der Waals surface area contributed by atoms with Crippen LogP contribution in [0, 0.1) is 5.41 Å². The van der Waals surface area contributed by atoms with Gasteiger partial charge >= 0.3 is 0 Å². The number of rotatable bonds is 1. The van der Waals surface area contributed by atoms with Gasteiger partial charge in [0.05, 0.1) is 17.3 Å². The smallest absolute Gasteiger partial charge is 0.0639 e. The molecule has 1 atom stereocenters. The summed E-state index contributed by atoms with van der Waals surface area (Å²) < 4.78 is 5.54. The van der Waals surface area contributed by atoms with Gasteiger partial charge in [0, 0.05) is 25.1 Å². The molecule has 86 valence electrons. The Kier molecular flexibility index (Phi) is 2.56. The molecule has 0 radical (unpaired) electrons. The molecule has 2 aliphatic rings. The van der Waals surface area contributed by atoms with Crippen molar-refractivity contribution in [3.8, 4) is 0 Å². The zero-order valence-electron chi connectivity index (χ0n) is 9.29. The van der Waals surface area contributed by atoms with Crippen LogP contribution in [0.4, 0.5) is 5.69 Å². The normalized spacial score (nSPS) is 29.2. The molecule has 1 aromatic rings. The molecular formula is C13H16ClNO. The van der Waals surface area contributed by atoms with Crippen molar-refractivity contribution in [2.24, 2.45) is 5.41 Å². The van der Waals surface area contributed by atoms with Crippen molar-refractivity contribution in [2.75, 3.05) is 31.2 Å². The van der Waals surface area contributed by atoms with E-state index in [0.717, 1.165) is 31.3 Å². The highest BCUT2D eigenvalue weighted by Gasteiger charge is 2.41. The number of benzene rings is 1. The van der Waals surface area contributed by atoms with Gasteiger partial charge in [0.15, 0.2) is 0 Å². The summed E-state index contributed by atoms with van der Waals surface area (Å²) in [4.78, 5) is 2.40. The van der Waals surface area contributed by atoms with Crippen molar-refractivity contribution in [1.82, 2.24) is 0 Å². The quantitative estimate of drug-likeness (QED) is 0.745. The SMILES string of the molecule is Clc1ccccc1N1CCC2(CCOC2)C1. The number of ether oxygens (including phenoxy) is 1. The van der Waals surface area contributed by atoms with E-state index in [1.165, 1.54) is 18.5 Å². The Morgan fingerprint density at radius 2 is 2.12 bits per heavy atom. The molecule has 2 saturated heterocycles. The summed E-state index contributed by atoms with van der Waals surface area (Å²) in [6, 6.07) is 8.11. The Morgan fingerprint density at radius 3 is 2.88 bits per heavy atom. The van der Waals surface area contributed by atoms with Crippen LogP contribution in [0.1, 0.15) is 12.8 Å². The first-order valence-corrected chi connectivity index (χ1v) is 6.24.